The van der Waals surface area contributed by atoms with Crippen LogP contribution in [0.2, 0.25) is 0 Å². The maximum absolute atomic E-state index is 12.4. The number of ether oxygens (including phenoxy) is 2. The van der Waals surface area contributed by atoms with Gasteiger partial charge in [0.25, 0.3) is 5.91 Å². The highest BCUT2D eigenvalue weighted by atomic mass is 16.5. The minimum absolute atomic E-state index is 0.0812. The lowest BCUT2D eigenvalue weighted by molar-refractivity contribution is -0.130. The molecule has 1 saturated heterocycles. The van der Waals surface area contributed by atoms with E-state index < -0.39 is 6.10 Å². The molecule has 134 valence electrons. The summed E-state index contributed by atoms with van der Waals surface area (Å²) in [6.45, 7) is 4.66. The van der Waals surface area contributed by atoms with Crippen LogP contribution in [0.25, 0.3) is 11.5 Å². The number of benzene rings is 1. The quantitative estimate of drug-likeness (QED) is 0.866. The molecule has 2 unspecified atom stereocenters. The maximum atomic E-state index is 12.4. The van der Waals surface area contributed by atoms with Crippen molar-refractivity contribution >= 4 is 11.6 Å². The fraction of sp³-hybridized carbons (Fsp3) is 0.500. The number of rotatable bonds is 6. The van der Waals surface area contributed by atoms with Gasteiger partial charge in [-0.3, -0.25) is 4.79 Å². The zero-order chi connectivity index (χ0) is 17.6. The first-order valence-electron chi connectivity index (χ1n) is 8.57. The first-order valence-corrected chi connectivity index (χ1v) is 8.57. The Morgan fingerprint density at radius 3 is 2.92 bits per heavy atom. The smallest absolute Gasteiger partial charge is 0.253 e. The van der Waals surface area contributed by atoms with Crippen molar-refractivity contribution in [3.05, 3.63) is 30.2 Å². The van der Waals surface area contributed by atoms with E-state index in [2.05, 4.69) is 15.5 Å². The highest BCUT2D eigenvalue weighted by Gasteiger charge is 2.20. The zero-order valence-electron chi connectivity index (χ0n) is 14.5. The van der Waals surface area contributed by atoms with E-state index in [9.17, 15) is 4.79 Å². The number of para-hydroxylation sites is 1. The summed E-state index contributed by atoms with van der Waals surface area (Å²) in [4.78, 5) is 12.4. The summed E-state index contributed by atoms with van der Waals surface area (Å²) in [5.74, 6) is 0.623. The number of carbonyl (C=O) groups excluding carboxylic acids is 1. The minimum Gasteiger partial charge on any atom is -0.421 e. The second-order valence-electron chi connectivity index (χ2n) is 6.13. The van der Waals surface area contributed by atoms with Crippen LogP contribution in [0.15, 0.2) is 28.7 Å². The van der Waals surface area contributed by atoms with Gasteiger partial charge in [-0.2, -0.15) is 0 Å². The molecule has 0 saturated carbocycles. The fourth-order valence-corrected chi connectivity index (χ4v) is 2.68. The number of carbonyl (C=O) groups is 1. The molecule has 0 aliphatic carbocycles. The third-order valence-corrected chi connectivity index (χ3v) is 4.12. The largest absolute Gasteiger partial charge is 0.421 e. The Morgan fingerprint density at radius 1 is 1.36 bits per heavy atom. The molecule has 1 aromatic heterocycles. The molecule has 2 heterocycles. The predicted octanol–water partition coefficient (Wildman–Crippen LogP) is 2.96. The summed E-state index contributed by atoms with van der Waals surface area (Å²) in [5.41, 5.74) is 1.29. The van der Waals surface area contributed by atoms with Gasteiger partial charge < -0.3 is 19.2 Å². The molecule has 0 radical (unpaired) electrons. The SMILES string of the molecule is Cc1nnc(-c2ccccc2NC(=O)C(C)OCC2CCCCO2)o1. The molecular weight excluding hydrogens is 322 g/mol. The van der Waals surface area contributed by atoms with Crippen LogP contribution < -0.4 is 5.32 Å². The van der Waals surface area contributed by atoms with Gasteiger partial charge in [0.2, 0.25) is 11.8 Å². The van der Waals surface area contributed by atoms with Crippen LogP contribution in [0.1, 0.15) is 32.1 Å². The van der Waals surface area contributed by atoms with Crippen LogP contribution in [0.3, 0.4) is 0 Å². The molecule has 1 aliphatic heterocycles. The standard InChI is InChI=1S/C18H23N3O4/c1-12(24-11-14-7-5-6-10-23-14)17(22)19-16-9-4-3-8-15(16)18-21-20-13(2)25-18/h3-4,8-9,12,14H,5-7,10-11H2,1-2H3,(H,19,22). The predicted molar refractivity (Wildman–Crippen MR) is 92.1 cm³/mol. The molecular formula is C18H23N3O4. The Kier molecular flexibility index (Phi) is 5.78. The summed E-state index contributed by atoms with van der Waals surface area (Å²) in [6, 6.07) is 7.31. The first-order chi connectivity index (χ1) is 12.1. The maximum Gasteiger partial charge on any atom is 0.253 e. The summed E-state index contributed by atoms with van der Waals surface area (Å²) in [5, 5.41) is 10.7. The van der Waals surface area contributed by atoms with Crippen molar-refractivity contribution in [1.29, 1.82) is 0 Å². The average molecular weight is 345 g/mol. The Hall–Kier alpha value is -2.25. The molecule has 7 heteroatoms. The van der Waals surface area contributed by atoms with E-state index in [1.807, 2.05) is 18.2 Å². The van der Waals surface area contributed by atoms with Crippen molar-refractivity contribution in [2.24, 2.45) is 0 Å². The number of hydrogen-bond donors (Lipinski definition) is 1. The third kappa shape index (κ3) is 4.64. The van der Waals surface area contributed by atoms with E-state index in [4.69, 9.17) is 13.9 Å². The lowest BCUT2D eigenvalue weighted by Crippen LogP contribution is -2.32. The Balaban J connectivity index is 1.60. The Bertz CT molecular complexity index is 710. The molecule has 1 aliphatic rings. The van der Waals surface area contributed by atoms with Crippen LogP contribution >= 0.6 is 0 Å². The number of nitrogens with zero attached hydrogens (tertiary/aromatic N) is 2. The van der Waals surface area contributed by atoms with Crippen molar-refractivity contribution in [3.63, 3.8) is 0 Å². The fourth-order valence-electron chi connectivity index (χ4n) is 2.68. The molecule has 2 atom stereocenters. The number of hydrogen-bond acceptors (Lipinski definition) is 6. The minimum atomic E-state index is -0.581. The number of aromatic nitrogens is 2. The van der Waals surface area contributed by atoms with Crippen LogP contribution in [0, 0.1) is 6.92 Å². The monoisotopic (exact) mass is 345 g/mol. The van der Waals surface area contributed by atoms with E-state index in [1.165, 1.54) is 0 Å². The number of anilines is 1. The molecule has 2 aromatic rings. The summed E-state index contributed by atoms with van der Waals surface area (Å²) < 4.78 is 16.8. The average Bonchev–Trinajstić information content (AvgIpc) is 3.07. The van der Waals surface area contributed by atoms with Gasteiger partial charge in [-0.25, -0.2) is 0 Å². The van der Waals surface area contributed by atoms with Gasteiger partial charge >= 0.3 is 0 Å². The van der Waals surface area contributed by atoms with E-state index in [1.54, 1.807) is 19.9 Å². The normalized spacial score (nSPS) is 18.7. The van der Waals surface area contributed by atoms with Crippen molar-refractivity contribution in [2.75, 3.05) is 18.5 Å². The Labute approximate surface area is 146 Å². The molecule has 1 fully saturated rings. The van der Waals surface area contributed by atoms with Gasteiger partial charge in [0.05, 0.1) is 24.0 Å². The van der Waals surface area contributed by atoms with Crippen molar-refractivity contribution < 1.29 is 18.7 Å². The van der Waals surface area contributed by atoms with Crippen LogP contribution in [-0.2, 0) is 14.3 Å². The topological polar surface area (TPSA) is 86.5 Å². The lowest BCUT2D eigenvalue weighted by atomic mass is 10.1. The van der Waals surface area contributed by atoms with Crippen LogP contribution in [-0.4, -0.2) is 41.5 Å². The van der Waals surface area contributed by atoms with Gasteiger partial charge in [0.1, 0.15) is 6.10 Å². The zero-order valence-corrected chi connectivity index (χ0v) is 14.5. The highest BCUT2D eigenvalue weighted by Crippen LogP contribution is 2.26. The molecule has 1 aromatic carbocycles. The number of nitrogens with one attached hydrogen (secondary N) is 1. The van der Waals surface area contributed by atoms with Gasteiger partial charge in [-0.1, -0.05) is 12.1 Å². The lowest BCUT2D eigenvalue weighted by Gasteiger charge is -2.24. The van der Waals surface area contributed by atoms with Gasteiger partial charge in [0, 0.05) is 13.5 Å². The summed E-state index contributed by atoms with van der Waals surface area (Å²) >= 11 is 0. The molecule has 25 heavy (non-hydrogen) atoms. The van der Waals surface area contributed by atoms with E-state index in [0.29, 0.717) is 29.6 Å². The van der Waals surface area contributed by atoms with Gasteiger partial charge in [0.15, 0.2) is 0 Å². The number of aryl methyl sites for hydroxylation is 1. The molecule has 3 rings (SSSR count). The second kappa shape index (κ2) is 8.22. The highest BCUT2D eigenvalue weighted by molar-refractivity contribution is 5.97. The summed E-state index contributed by atoms with van der Waals surface area (Å²) in [7, 11) is 0. The molecule has 0 spiro atoms. The molecule has 1 amide bonds. The van der Waals surface area contributed by atoms with E-state index in [-0.39, 0.29) is 12.0 Å². The molecule has 0 bridgehead atoms. The van der Waals surface area contributed by atoms with Crippen LogP contribution in [0.4, 0.5) is 5.69 Å². The van der Waals surface area contributed by atoms with E-state index in [0.717, 1.165) is 25.9 Å². The van der Waals surface area contributed by atoms with Gasteiger partial charge in [-0.15, -0.1) is 10.2 Å². The first kappa shape index (κ1) is 17.6. The Morgan fingerprint density at radius 2 is 2.20 bits per heavy atom. The van der Waals surface area contributed by atoms with Gasteiger partial charge in [-0.05, 0) is 38.3 Å². The van der Waals surface area contributed by atoms with E-state index >= 15 is 0 Å². The second-order valence-corrected chi connectivity index (χ2v) is 6.13. The number of amides is 1. The van der Waals surface area contributed by atoms with Crippen molar-refractivity contribution in [1.82, 2.24) is 10.2 Å². The van der Waals surface area contributed by atoms with Crippen LogP contribution in [0.5, 0.6) is 0 Å². The van der Waals surface area contributed by atoms with Crippen molar-refractivity contribution in [3.8, 4) is 11.5 Å². The third-order valence-electron chi connectivity index (χ3n) is 4.12. The molecule has 7 nitrogen and oxygen atoms in total. The summed E-state index contributed by atoms with van der Waals surface area (Å²) in [6.07, 6.45) is 2.72. The van der Waals surface area contributed by atoms with Crippen molar-refractivity contribution in [2.45, 2.75) is 45.3 Å². The molecule has 1 N–H and O–H groups in total.